The van der Waals surface area contributed by atoms with Gasteiger partial charge >= 0.3 is 0 Å². The number of benzene rings is 1. The predicted molar refractivity (Wildman–Crippen MR) is 76.0 cm³/mol. The van der Waals surface area contributed by atoms with E-state index in [9.17, 15) is 9.59 Å². The Labute approximate surface area is 122 Å². The number of rotatable bonds is 1. The Morgan fingerprint density at radius 1 is 0.952 bits per heavy atom. The van der Waals surface area contributed by atoms with Crippen LogP contribution in [-0.4, -0.2) is 11.8 Å². The smallest absolute Gasteiger partial charge is 0.238 e. The number of allylic oxidation sites excluding steroid dienone is 2. The third kappa shape index (κ3) is 1.61. The Kier molecular flexibility index (Phi) is 2.52. The minimum absolute atomic E-state index is 0.0752. The van der Waals surface area contributed by atoms with Gasteiger partial charge in [-0.2, -0.15) is 5.26 Å². The molecule has 1 aromatic carbocycles. The summed E-state index contributed by atoms with van der Waals surface area (Å²) >= 11 is 0. The lowest BCUT2D eigenvalue weighted by Crippen LogP contribution is -2.38. The molecule has 4 nitrogen and oxygen atoms in total. The van der Waals surface area contributed by atoms with E-state index in [1.54, 1.807) is 24.3 Å². The maximum atomic E-state index is 12.7. The highest BCUT2D eigenvalue weighted by Crippen LogP contribution is 2.50. The normalized spacial score (nSPS) is 33.2. The first kappa shape index (κ1) is 12.3. The summed E-state index contributed by atoms with van der Waals surface area (Å²) in [6, 6.07) is 8.69. The highest BCUT2D eigenvalue weighted by molar-refractivity contribution is 6.22. The molecule has 3 aliphatic carbocycles. The lowest BCUT2D eigenvalue weighted by atomic mass is 9.63. The minimum atomic E-state index is -0.183. The van der Waals surface area contributed by atoms with Crippen LogP contribution in [0.3, 0.4) is 0 Å². The maximum Gasteiger partial charge on any atom is 0.238 e. The summed E-state index contributed by atoms with van der Waals surface area (Å²) in [5.74, 6) is -0.101. The van der Waals surface area contributed by atoms with Gasteiger partial charge in [0.25, 0.3) is 0 Å². The second-order valence-electron chi connectivity index (χ2n) is 6.01. The topological polar surface area (TPSA) is 61.2 Å². The number of nitrogens with zero attached hydrogens (tertiary/aromatic N) is 2. The van der Waals surface area contributed by atoms with Gasteiger partial charge in [-0.3, -0.25) is 14.5 Å². The molecule has 4 atom stereocenters. The highest BCUT2D eigenvalue weighted by atomic mass is 16.2. The quantitative estimate of drug-likeness (QED) is 0.584. The van der Waals surface area contributed by atoms with Gasteiger partial charge in [0.2, 0.25) is 11.8 Å². The first-order valence-electron chi connectivity index (χ1n) is 7.27. The first-order valence-corrected chi connectivity index (χ1v) is 7.27. The molecular formula is C17H14N2O2. The van der Waals surface area contributed by atoms with Gasteiger partial charge in [-0.05, 0) is 48.9 Å². The second-order valence-corrected chi connectivity index (χ2v) is 6.01. The summed E-state index contributed by atoms with van der Waals surface area (Å²) in [5, 5.41) is 8.84. The van der Waals surface area contributed by atoms with E-state index in [1.165, 1.54) is 4.90 Å². The minimum Gasteiger partial charge on any atom is -0.274 e. The Morgan fingerprint density at radius 3 is 1.90 bits per heavy atom. The lowest BCUT2D eigenvalue weighted by Gasteiger charge is -2.38. The summed E-state index contributed by atoms with van der Waals surface area (Å²) in [6.45, 7) is 0. The van der Waals surface area contributed by atoms with Crippen LogP contribution in [0.1, 0.15) is 18.4 Å². The van der Waals surface area contributed by atoms with E-state index < -0.39 is 0 Å². The largest absolute Gasteiger partial charge is 0.274 e. The molecule has 4 aliphatic rings. The number of imide groups is 1. The van der Waals surface area contributed by atoms with Crippen LogP contribution >= 0.6 is 0 Å². The molecule has 1 aromatic rings. The molecule has 0 aromatic heterocycles. The van der Waals surface area contributed by atoms with E-state index in [-0.39, 0.29) is 35.5 Å². The zero-order chi connectivity index (χ0) is 14.6. The molecule has 1 aliphatic heterocycles. The van der Waals surface area contributed by atoms with Gasteiger partial charge in [-0.15, -0.1) is 0 Å². The summed E-state index contributed by atoms with van der Waals surface area (Å²) in [4.78, 5) is 26.7. The molecule has 0 N–H and O–H groups in total. The average Bonchev–Trinajstić information content (AvgIpc) is 2.82. The van der Waals surface area contributed by atoms with Gasteiger partial charge in [0.1, 0.15) is 0 Å². The Balaban J connectivity index is 1.73. The van der Waals surface area contributed by atoms with Crippen LogP contribution in [0, 0.1) is 35.0 Å². The Hall–Kier alpha value is -2.41. The molecule has 2 fully saturated rings. The number of carbonyl (C=O) groups excluding carboxylic acids is 2. The monoisotopic (exact) mass is 278 g/mol. The molecule has 104 valence electrons. The Morgan fingerprint density at radius 2 is 1.48 bits per heavy atom. The molecule has 2 bridgehead atoms. The average molecular weight is 278 g/mol. The zero-order valence-electron chi connectivity index (χ0n) is 11.4. The third-order valence-electron chi connectivity index (χ3n) is 5.01. The number of carbonyl (C=O) groups is 2. The van der Waals surface area contributed by atoms with Gasteiger partial charge in [0.15, 0.2) is 0 Å². The van der Waals surface area contributed by atoms with Crippen LogP contribution in [0.5, 0.6) is 0 Å². The predicted octanol–water partition coefficient (Wildman–Crippen LogP) is 2.26. The van der Waals surface area contributed by atoms with E-state index >= 15 is 0 Å². The maximum absolute atomic E-state index is 12.7. The van der Waals surface area contributed by atoms with Crippen molar-refractivity contribution < 1.29 is 9.59 Å². The van der Waals surface area contributed by atoms with Crippen molar-refractivity contribution in [2.24, 2.45) is 23.7 Å². The molecule has 1 heterocycles. The molecule has 4 heteroatoms. The van der Waals surface area contributed by atoms with E-state index in [0.717, 1.165) is 12.8 Å². The highest BCUT2D eigenvalue weighted by Gasteiger charge is 2.56. The van der Waals surface area contributed by atoms with Crippen molar-refractivity contribution in [2.75, 3.05) is 4.90 Å². The number of hydrogen-bond donors (Lipinski definition) is 0. The summed E-state index contributed by atoms with van der Waals surface area (Å²) in [7, 11) is 0. The van der Waals surface area contributed by atoms with Crippen LogP contribution in [0.4, 0.5) is 5.69 Å². The van der Waals surface area contributed by atoms with E-state index in [0.29, 0.717) is 11.3 Å². The van der Waals surface area contributed by atoms with Gasteiger partial charge < -0.3 is 0 Å². The van der Waals surface area contributed by atoms with Crippen molar-refractivity contribution in [2.45, 2.75) is 12.8 Å². The van der Waals surface area contributed by atoms with Crippen molar-refractivity contribution in [3.63, 3.8) is 0 Å². The fourth-order valence-corrected chi connectivity index (χ4v) is 4.01. The molecule has 1 saturated heterocycles. The summed E-state index contributed by atoms with van der Waals surface area (Å²) in [6.07, 6.45) is 6.23. The molecule has 0 unspecified atom stereocenters. The number of anilines is 1. The first-order chi connectivity index (χ1) is 10.2. The van der Waals surface area contributed by atoms with Gasteiger partial charge in [0.05, 0.1) is 29.2 Å². The second kappa shape index (κ2) is 4.29. The molecule has 5 rings (SSSR count). The van der Waals surface area contributed by atoms with Crippen LogP contribution in [0.25, 0.3) is 0 Å². The van der Waals surface area contributed by atoms with Crippen LogP contribution in [0.2, 0.25) is 0 Å². The summed E-state index contributed by atoms with van der Waals surface area (Å²) in [5.41, 5.74) is 1.11. The van der Waals surface area contributed by atoms with Crippen molar-refractivity contribution in [1.29, 1.82) is 5.26 Å². The summed E-state index contributed by atoms with van der Waals surface area (Å²) < 4.78 is 0. The fraction of sp³-hybridized carbons (Fsp3) is 0.353. The van der Waals surface area contributed by atoms with Crippen molar-refractivity contribution in [3.8, 4) is 6.07 Å². The standard InChI is InChI=1S/C17H14N2O2/c18-9-10-1-7-13(8-2-10)19-16(20)14-11-3-4-12(6-5-11)15(14)17(19)21/h1-4,7-8,11-12,14-15H,5-6H2/t11-,12-,14+,15+/m0/s1. The van der Waals surface area contributed by atoms with Crippen LogP contribution in [0.15, 0.2) is 36.4 Å². The molecule has 0 spiro atoms. The molecule has 21 heavy (non-hydrogen) atoms. The number of amides is 2. The van der Waals surface area contributed by atoms with Crippen molar-refractivity contribution in [1.82, 2.24) is 0 Å². The number of nitriles is 1. The van der Waals surface area contributed by atoms with Crippen LogP contribution < -0.4 is 4.90 Å². The SMILES string of the molecule is N#Cc1ccc(N2C(=O)[C@H]3[C@H](C2=O)[C@H]2C=C[C@H]3CC2)cc1. The van der Waals surface area contributed by atoms with Gasteiger partial charge in [-0.1, -0.05) is 12.2 Å². The molecule has 0 radical (unpaired) electrons. The molecule has 2 amide bonds. The third-order valence-corrected chi connectivity index (χ3v) is 5.01. The van der Waals surface area contributed by atoms with Gasteiger partial charge in [0, 0.05) is 0 Å². The van der Waals surface area contributed by atoms with Crippen LogP contribution in [-0.2, 0) is 9.59 Å². The number of fused-ring (bicyclic) bond motifs is 1. The van der Waals surface area contributed by atoms with E-state index in [1.807, 2.05) is 6.07 Å². The van der Waals surface area contributed by atoms with Crippen molar-refractivity contribution in [3.05, 3.63) is 42.0 Å². The molecular weight excluding hydrogens is 264 g/mol. The number of hydrogen-bond acceptors (Lipinski definition) is 3. The van der Waals surface area contributed by atoms with Crippen molar-refractivity contribution >= 4 is 17.5 Å². The van der Waals surface area contributed by atoms with E-state index in [2.05, 4.69) is 12.2 Å². The fourth-order valence-electron chi connectivity index (χ4n) is 4.01. The van der Waals surface area contributed by atoms with Gasteiger partial charge in [-0.25, -0.2) is 0 Å². The van der Waals surface area contributed by atoms with E-state index in [4.69, 9.17) is 5.26 Å². The lowest BCUT2D eigenvalue weighted by molar-refractivity contribution is -0.124. The zero-order valence-corrected chi connectivity index (χ0v) is 11.4. The molecule has 1 saturated carbocycles. The Bertz CT molecular complexity index is 666.